The molecule has 1 aliphatic rings. The summed E-state index contributed by atoms with van der Waals surface area (Å²) in [7, 11) is 1.86. The number of hydrogen-bond donors (Lipinski definition) is 1. The maximum atomic E-state index is 12.0. The number of rotatable bonds is 4. The summed E-state index contributed by atoms with van der Waals surface area (Å²) in [6.45, 7) is 5.56. The van der Waals surface area contributed by atoms with Gasteiger partial charge in [-0.15, -0.1) is 0 Å². The van der Waals surface area contributed by atoms with Crippen molar-refractivity contribution in [2.45, 2.75) is 57.8 Å². The van der Waals surface area contributed by atoms with Crippen molar-refractivity contribution in [3.05, 3.63) is 30.9 Å². The van der Waals surface area contributed by atoms with E-state index in [2.05, 4.69) is 15.5 Å². The van der Waals surface area contributed by atoms with Crippen LogP contribution in [0.2, 0.25) is 0 Å². The van der Waals surface area contributed by atoms with Crippen LogP contribution in [-0.2, 0) is 11.8 Å². The first kappa shape index (κ1) is 19.2. The van der Waals surface area contributed by atoms with Crippen molar-refractivity contribution in [2.75, 3.05) is 0 Å². The number of nitrogens with one attached hydrogen (secondary N) is 1. The molecule has 1 amide bonds. The van der Waals surface area contributed by atoms with Gasteiger partial charge in [0.2, 0.25) is 5.88 Å². The Bertz CT molecular complexity index is 1020. The number of carbonyl (C=O) groups is 1. The number of aromatic nitrogens is 5. The van der Waals surface area contributed by atoms with Crippen LogP contribution in [0.1, 0.15) is 40.0 Å². The molecule has 1 N–H and O–H groups in total. The summed E-state index contributed by atoms with van der Waals surface area (Å²) < 4.78 is 15.1. The Morgan fingerprint density at radius 3 is 2.79 bits per heavy atom. The number of fused-ring (bicyclic) bond motifs is 1. The molecule has 0 radical (unpaired) electrons. The second-order valence-electron chi connectivity index (χ2n) is 8.39. The lowest BCUT2D eigenvalue weighted by Gasteiger charge is -2.21. The Morgan fingerprint density at radius 1 is 1.24 bits per heavy atom. The van der Waals surface area contributed by atoms with Gasteiger partial charge in [-0.3, -0.25) is 4.68 Å². The summed E-state index contributed by atoms with van der Waals surface area (Å²) in [5, 5.41) is 11.5. The molecule has 1 saturated carbocycles. The van der Waals surface area contributed by atoms with Crippen molar-refractivity contribution >= 4 is 11.6 Å². The van der Waals surface area contributed by atoms with Crippen LogP contribution in [0.25, 0.3) is 16.8 Å². The molecule has 2 atom stereocenters. The van der Waals surface area contributed by atoms with E-state index in [-0.39, 0.29) is 12.1 Å². The lowest BCUT2D eigenvalue weighted by Crippen LogP contribution is -2.38. The summed E-state index contributed by atoms with van der Waals surface area (Å²) in [5.41, 5.74) is 1.93. The third-order valence-corrected chi connectivity index (χ3v) is 4.74. The van der Waals surface area contributed by atoms with Crippen LogP contribution in [-0.4, -0.2) is 48.2 Å². The number of hydrogen-bond acceptors (Lipinski definition) is 6. The highest BCUT2D eigenvalue weighted by molar-refractivity contribution is 5.68. The molecule has 4 rings (SSSR count). The zero-order valence-corrected chi connectivity index (χ0v) is 17.1. The van der Waals surface area contributed by atoms with E-state index < -0.39 is 11.7 Å². The summed E-state index contributed by atoms with van der Waals surface area (Å²) in [5.74, 6) is 0.534. The molecular weight excluding hydrogens is 372 g/mol. The van der Waals surface area contributed by atoms with Gasteiger partial charge in [0.1, 0.15) is 17.2 Å². The van der Waals surface area contributed by atoms with Gasteiger partial charge in [-0.25, -0.2) is 14.3 Å². The Labute approximate surface area is 169 Å². The second kappa shape index (κ2) is 7.38. The smallest absolute Gasteiger partial charge is 0.407 e. The van der Waals surface area contributed by atoms with Crippen molar-refractivity contribution in [3.63, 3.8) is 0 Å². The van der Waals surface area contributed by atoms with E-state index in [4.69, 9.17) is 14.5 Å². The second-order valence-corrected chi connectivity index (χ2v) is 8.39. The van der Waals surface area contributed by atoms with E-state index >= 15 is 0 Å². The highest BCUT2D eigenvalue weighted by Crippen LogP contribution is 2.29. The number of carbonyl (C=O) groups excluding carboxylic acids is 1. The molecule has 3 heterocycles. The fraction of sp³-hybridized carbons (Fsp3) is 0.500. The van der Waals surface area contributed by atoms with Crippen molar-refractivity contribution in [2.24, 2.45) is 7.05 Å². The SMILES string of the molecule is Cn1cc(-c2cn3nccc3c(O[C@H]3CC[C@H](NC(=O)OC(C)(C)C)C3)n2)cn1. The predicted molar refractivity (Wildman–Crippen MR) is 107 cm³/mol. The number of nitrogens with zero attached hydrogens (tertiary/aromatic N) is 5. The first-order chi connectivity index (χ1) is 13.8. The van der Waals surface area contributed by atoms with E-state index in [1.165, 1.54) is 0 Å². The van der Waals surface area contributed by atoms with Crippen LogP contribution in [0.4, 0.5) is 4.79 Å². The number of aryl methyl sites for hydroxylation is 1. The van der Waals surface area contributed by atoms with Crippen molar-refractivity contribution in [3.8, 4) is 17.1 Å². The highest BCUT2D eigenvalue weighted by Gasteiger charge is 2.30. The largest absolute Gasteiger partial charge is 0.473 e. The summed E-state index contributed by atoms with van der Waals surface area (Å²) >= 11 is 0. The molecule has 29 heavy (non-hydrogen) atoms. The number of alkyl carbamates (subject to hydrolysis) is 1. The Kier molecular flexibility index (Phi) is 4.89. The molecule has 0 aliphatic heterocycles. The molecular formula is C20H26N6O3. The van der Waals surface area contributed by atoms with Gasteiger partial charge in [0.05, 0.1) is 24.3 Å². The van der Waals surface area contributed by atoms with Gasteiger partial charge >= 0.3 is 6.09 Å². The molecule has 0 unspecified atom stereocenters. The quantitative estimate of drug-likeness (QED) is 0.726. The van der Waals surface area contributed by atoms with Crippen LogP contribution >= 0.6 is 0 Å². The third-order valence-electron chi connectivity index (χ3n) is 4.74. The zero-order chi connectivity index (χ0) is 20.6. The first-order valence-corrected chi connectivity index (χ1v) is 9.76. The van der Waals surface area contributed by atoms with Gasteiger partial charge < -0.3 is 14.8 Å². The molecule has 9 heteroatoms. The maximum Gasteiger partial charge on any atom is 0.407 e. The molecule has 9 nitrogen and oxygen atoms in total. The minimum absolute atomic E-state index is 0.0253. The van der Waals surface area contributed by atoms with Crippen molar-refractivity contribution in [1.82, 2.24) is 29.7 Å². The summed E-state index contributed by atoms with van der Waals surface area (Å²) in [6.07, 6.45) is 9.19. The van der Waals surface area contributed by atoms with E-state index in [1.807, 2.05) is 46.3 Å². The zero-order valence-electron chi connectivity index (χ0n) is 17.1. The highest BCUT2D eigenvalue weighted by atomic mass is 16.6. The standard InChI is InChI=1S/C20H26N6O3/c1-20(2,3)29-19(27)23-14-5-6-15(9-14)28-18-17-7-8-21-26(17)12-16(24-18)13-10-22-25(4)11-13/h7-8,10-12,14-15H,5-6,9H2,1-4H3,(H,23,27)/t14-,15-/m0/s1. The molecule has 3 aromatic rings. The fourth-order valence-corrected chi connectivity index (χ4v) is 3.49. The molecule has 0 bridgehead atoms. The number of ether oxygens (including phenoxy) is 2. The van der Waals surface area contributed by atoms with Gasteiger partial charge in [-0.1, -0.05) is 0 Å². The van der Waals surface area contributed by atoms with E-state index in [0.29, 0.717) is 12.3 Å². The summed E-state index contributed by atoms with van der Waals surface area (Å²) in [6, 6.07) is 1.90. The molecule has 3 aromatic heterocycles. The lowest BCUT2D eigenvalue weighted by atomic mass is 10.2. The fourth-order valence-electron chi connectivity index (χ4n) is 3.49. The van der Waals surface area contributed by atoms with Gasteiger partial charge in [-0.05, 0) is 39.7 Å². The van der Waals surface area contributed by atoms with Crippen LogP contribution in [0, 0.1) is 0 Å². The normalized spacial score (nSPS) is 19.4. The van der Waals surface area contributed by atoms with Gasteiger partial charge in [-0.2, -0.15) is 10.2 Å². The Hall–Kier alpha value is -3.10. The van der Waals surface area contributed by atoms with Crippen LogP contribution in [0.15, 0.2) is 30.9 Å². The average Bonchev–Trinajstić information content (AvgIpc) is 3.34. The molecule has 1 fully saturated rings. The van der Waals surface area contributed by atoms with Gasteiger partial charge in [0.15, 0.2) is 0 Å². The molecule has 0 spiro atoms. The van der Waals surface area contributed by atoms with E-state index in [0.717, 1.165) is 29.6 Å². The molecule has 0 saturated heterocycles. The van der Waals surface area contributed by atoms with Crippen LogP contribution in [0.3, 0.4) is 0 Å². The van der Waals surface area contributed by atoms with Gasteiger partial charge in [0, 0.05) is 31.3 Å². The summed E-state index contributed by atoms with van der Waals surface area (Å²) in [4.78, 5) is 16.7. The average molecular weight is 398 g/mol. The van der Waals surface area contributed by atoms with Crippen LogP contribution in [0.5, 0.6) is 5.88 Å². The molecule has 154 valence electrons. The third kappa shape index (κ3) is 4.49. The Balaban J connectivity index is 1.47. The monoisotopic (exact) mass is 398 g/mol. The molecule has 1 aliphatic carbocycles. The van der Waals surface area contributed by atoms with E-state index in [9.17, 15) is 4.79 Å². The molecule has 0 aromatic carbocycles. The Morgan fingerprint density at radius 2 is 2.07 bits per heavy atom. The number of amides is 1. The van der Waals surface area contributed by atoms with Crippen molar-refractivity contribution in [1.29, 1.82) is 0 Å². The minimum Gasteiger partial charge on any atom is -0.473 e. The lowest BCUT2D eigenvalue weighted by molar-refractivity contribution is 0.0503. The van der Waals surface area contributed by atoms with Crippen LogP contribution < -0.4 is 10.1 Å². The maximum absolute atomic E-state index is 12.0. The topological polar surface area (TPSA) is 95.6 Å². The van der Waals surface area contributed by atoms with E-state index in [1.54, 1.807) is 21.6 Å². The van der Waals surface area contributed by atoms with Gasteiger partial charge in [0.25, 0.3) is 0 Å². The first-order valence-electron chi connectivity index (χ1n) is 9.76. The predicted octanol–water partition coefficient (Wildman–Crippen LogP) is 2.95. The minimum atomic E-state index is -0.511. The van der Waals surface area contributed by atoms with Crippen molar-refractivity contribution < 1.29 is 14.3 Å².